The van der Waals surface area contributed by atoms with E-state index in [4.69, 9.17) is 0 Å². The van der Waals surface area contributed by atoms with Crippen LogP contribution in [0.2, 0.25) is 0 Å². The minimum atomic E-state index is -1.20. The number of rotatable bonds is 5. The van der Waals surface area contributed by atoms with Gasteiger partial charge in [0.15, 0.2) is 0 Å². The van der Waals surface area contributed by atoms with Gasteiger partial charge in [-0.25, -0.2) is 0 Å². The Labute approximate surface area is 124 Å². The van der Waals surface area contributed by atoms with Crippen LogP contribution >= 0.6 is 0 Å². The van der Waals surface area contributed by atoms with Gasteiger partial charge in [-0.05, 0) is 26.3 Å². The first-order chi connectivity index (χ1) is 9.88. The molecule has 0 aliphatic carbocycles. The zero-order valence-corrected chi connectivity index (χ0v) is 12.6. The van der Waals surface area contributed by atoms with E-state index in [1.807, 2.05) is 44.2 Å². The summed E-state index contributed by atoms with van der Waals surface area (Å²) in [5, 5.41) is 17.4. The third-order valence-corrected chi connectivity index (χ3v) is 3.31. The fourth-order valence-electron chi connectivity index (χ4n) is 2.10. The van der Waals surface area contributed by atoms with E-state index in [2.05, 4.69) is 10.4 Å². The van der Waals surface area contributed by atoms with Gasteiger partial charge in [0.1, 0.15) is 0 Å². The first kappa shape index (κ1) is 15.3. The molecule has 5 nitrogen and oxygen atoms in total. The molecule has 0 fully saturated rings. The molecule has 0 aliphatic rings. The number of carbonyl (C=O) groups is 1. The number of aliphatic hydroxyl groups is 1. The molecule has 2 rings (SSSR count). The van der Waals surface area contributed by atoms with Gasteiger partial charge in [-0.1, -0.05) is 30.3 Å². The highest BCUT2D eigenvalue weighted by Gasteiger charge is 2.26. The monoisotopic (exact) mass is 287 g/mol. The maximum atomic E-state index is 12.1. The number of anilines is 1. The van der Waals surface area contributed by atoms with E-state index >= 15 is 0 Å². The summed E-state index contributed by atoms with van der Waals surface area (Å²) in [5.74, 6) is -0.243. The lowest BCUT2D eigenvalue weighted by atomic mass is 9.92. The number of nitrogens with zero attached hydrogens (tertiary/aromatic N) is 2. The fourth-order valence-corrected chi connectivity index (χ4v) is 2.10. The van der Waals surface area contributed by atoms with Crippen molar-refractivity contribution in [3.05, 3.63) is 48.3 Å². The zero-order chi connectivity index (χ0) is 15.5. The molecule has 1 aromatic heterocycles. The van der Waals surface area contributed by atoms with Crippen LogP contribution in [0.4, 0.5) is 5.69 Å². The number of hydrogen-bond acceptors (Lipinski definition) is 3. The Hall–Kier alpha value is -2.14. The van der Waals surface area contributed by atoms with Crippen LogP contribution in [-0.2, 0) is 10.4 Å². The minimum Gasteiger partial charge on any atom is -0.385 e. The summed E-state index contributed by atoms with van der Waals surface area (Å²) < 4.78 is 1.77. The molecule has 0 saturated heterocycles. The molecule has 1 amide bonds. The van der Waals surface area contributed by atoms with E-state index in [1.54, 1.807) is 24.0 Å². The zero-order valence-electron chi connectivity index (χ0n) is 12.6. The van der Waals surface area contributed by atoms with Crippen molar-refractivity contribution in [3.63, 3.8) is 0 Å². The van der Waals surface area contributed by atoms with Crippen LogP contribution < -0.4 is 5.32 Å². The number of carbonyl (C=O) groups excluding carboxylic acids is 1. The third-order valence-electron chi connectivity index (χ3n) is 3.31. The molecule has 1 atom stereocenters. The molecule has 1 aromatic carbocycles. The number of nitrogens with one attached hydrogen (secondary N) is 1. The second kappa shape index (κ2) is 6.10. The first-order valence-electron chi connectivity index (χ1n) is 7.00. The smallest absolute Gasteiger partial charge is 0.227 e. The molecule has 112 valence electrons. The van der Waals surface area contributed by atoms with Crippen LogP contribution in [0.5, 0.6) is 0 Å². The van der Waals surface area contributed by atoms with Crippen molar-refractivity contribution in [3.8, 4) is 0 Å². The van der Waals surface area contributed by atoms with Crippen molar-refractivity contribution in [2.24, 2.45) is 0 Å². The van der Waals surface area contributed by atoms with Gasteiger partial charge in [0.25, 0.3) is 0 Å². The van der Waals surface area contributed by atoms with Gasteiger partial charge in [-0.3, -0.25) is 9.48 Å². The Kier molecular flexibility index (Phi) is 4.43. The Morgan fingerprint density at radius 2 is 2.05 bits per heavy atom. The lowest BCUT2D eigenvalue weighted by molar-refractivity contribution is -0.120. The van der Waals surface area contributed by atoms with Crippen LogP contribution in [0.1, 0.15) is 38.8 Å². The highest BCUT2D eigenvalue weighted by atomic mass is 16.3. The summed E-state index contributed by atoms with van der Waals surface area (Å²) in [6.45, 7) is 5.66. The Balaban J connectivity index is 2.00. The average molecular weight is 287 g/mol. The van der Waals surface area contributed by atoms with Crippen LogP contribution in [0, 0.1) is 0 Å². The van der Waals surface area contributed by atoms with Gasteiger partial charge < -0.3 is 10.4 Å². The van der Waals surface area contributed by atoms with Crippen molar-refractivity contribution in [2.45, 2.75) is 38.8 Å². The fraction of sp³-hybridized carbons (Fsp3) is 0.375. The number of benzene rings is 1. The molecule has 0 saturated carbocycles. The van der Waals surface area contributed by atoms with Crippen LogP contribution in [0.15, 0.2) is 42.7 Å². The molecule has 1 heterocycles. The number of amides is 1. The topological polar surface area (TPSA) is 67.2 Å². The lowest BCUT2D eigenvalue weighted by Gasteiger charge is -2.23. The maximum Gasteiger partial charge on any atom is 0.227 e. The minimum absolute atomic E-state index is 0.0100. The van der Waals surface area contributed by atoms with E-state index in [9.17, 15) is 9.90 Å². The van der Waals surface area contributed by atoms with Gasteiger partial charge in [-0.2, -0.15) is 5.10 Å². The highest BCUT2D eigenvalue weighted by Crippen LogP contribution is 2.24. The summed E-state index contributed by atoms with van der Waals surface area (Å²) in [4.78, 5) is 12.1. The van der Waals surface area contributed by atoms with Gasteiger partial charge >= 0.3 is 0 Å². The lowest BCUT2D eigenvalue weighted by Crippen LogP contribution is -2.28. The average Bonchev–Trinajstić information content (AvgIpc) is 2.87. The molecular weight excluding hydrogens is 266 g/mol. The van der Waals surface area contributed by atoms with Crippen LogP contribution in [-0.4, -0.2) is 20.8 Å². The largest absolute Gasteiger partial charge is 0.385 e. The van der Waals surface area contributed by atoms with Crippen LogP contribution in [0.25, 0.3) is 0 Å². The molecule has 1 unspecified atom stereocenters. The summed E-state index contributed by atoms with van der Waals surface area (Å²) >= 11 is 0. The maximum absolute atomic E-state index is 12.1. The van der Waals surface area contributed by atoms with Crippen molar-refractivity contribution in [2.75, 3.05) is 5.32 Å². The normalized spacial score (nSPS) is 14.0. The molecule has 0 radical (unpaired) electrons. The van der Waals surface area contributed by atoms with Gasteiger partial charge in [0.05, 0.1) is 23.9 Å². The second-order valence-corrected chi connectivity index (χ2v) is 5.67. The summed E-state index contributed by atoms with van der Waals surface area (Å²) in [5.41, 5.74) is 0.162. The molecule has 0 aliphatic heterocycles. The van der Waals surface area contributed by atoms with Crippen molar-refractivity contribution >= 4 is 11.6 Å². The Bertz CT molecular complexity index is 603. The van der Waals surface area contributed by atoms with Gasteiger partial charge in [0.2, 0.25) is 5.91 Å². The predicted octanol–water partition coefficient (Wildman–Crippen LogP) is 2.70. The highest BCUT2D eigenvalue weighted by molar-refractivity contribution is 5.91. The first-order valence-corrected chi connectivity index (χ1v) is 7.00. The van der Waals surface area contributed by atoms with Crippen molar-refractivity contribution < 1.29 is 9.90 Å². The molecule has 21 heavy (non-hydrogen) atoms. The third kappa shape index (κ3) is 3.92. The molecule has 5 heteroatoms. The van der Waals surface area contributed by atoms with E-state index < -0.39 is 5.60 Å². The van der Waals surface area contributed by atoms with Gasteiger partial charge in [0, 0.05) is 12.2 Å². The van der Waals surface area contributed by atoms with E-state index in [0.29, 0.717) is 5.69 Å². The quantitative estimate of drug-likeness (QED) is 0.888. The van der Waals surface area contributed by atoms with E-state index in [-0.39, 0.29) is 18.4 Å². The van der Waals surface area contributed by atoms with Crippen molar-refractivity contribution in [1.29, 1.82) is 0 Å². The molecule has 0 bridgehead atoms. The summed E-state index contributed by atoms with van der Waals surface area (Å²) in [7, 11) is 0. The van der Waals surface area contributed by atoms with E-state index in [0.717, 1.165) is 5.56 Å². The SMILES string of the molecule is CC(C)n1cc(NC(=O)CC(C)(O)c2ccccc2)cn1. The van der Waals surface area contributed by atoms with Gasteiger partial charge in [-0.15, -0.1) is 0 Å². The number of hydrogen-bond donors (Lipinski definition) is 2. The van der Waals surface area contributed by atoms with Crippen LogP contribution in [0.3, 0.4) is 0 Å². The molecule has 0 spiro atoms. The van der Waals surface area contributed by atoms with Crippen molar-refractivity contribution in [1.82, 2.24) is 9.78 Å². The molecular formula is C16H21N3O2. The summed E-state index contributed by atoms with van der Waals surface area (Å²) in [6, 6.07) is 9.42. The summed E-state index contributed by atoms with van der Waals surface area (Å²) in [6.07, 6.45) is 3.37. The Morgan fingerprint density at radius 3 is 2.62 bits per heavy atom. The Morgan fingerprint density at radius 1 is 1.38 bits per heavy atom. The predicted molar refractivity (Wildman–Crippen MR) is 81.9 cm³/mol. The molecule has 2 aromatic rings. The molecule has 2 N–H and O–H groups in total. The standard InChI is InChI=1S/C16H21N3O2/c1-12(2)19-11-14(10-17-19)18-15(20)9-16(3,21)13-7-5-4-6-8-13/h4-8,10-12,21H,9H2,1-3H3,(H,18,20). The second-order valence-electron chi connectivity index (χ2n) is 5.67. The number of aromatic nitrogens is 2. The van der Waals surface area contributed by atoms with E-state index in [1.165, 1.54) is 0 Å².